The molecule has 1 aliphatic heterocycles. The Labute approximate surface area is 123 Å². The van der Waals surface area contributed by atoms with Gasteiger partial charge in [0.05, 0.1) is 0 Å². The Bertz CT molecular complexity index is 396. The molecule has 122 valence electrons. The van der Waals surface area contributed by atoms with Crippen molar-refractivity contribution in [1.82, 2.24) is 10.2 Å². The Kier molecular flexibility index (Phi) is 5.64. The van der Waals surface area contributed by atoms with E-state index in [1.165, 1.54) is 0 Å². The van der Waals surface area contributed by atoms with Crippen LogP contribution in [0.2, 0.25) is 0 Å². The molecule has 0 radical (unpaired) electrons. The van der Waals surface area contributed by atoms with Gasteiger partial charge in [-0.15, -0.1) is 0 Å². The van der Waals surface area contributed by atoms with Gasteiger partial charge in [-0.25, -0.2) is 0 Å². The van der Waals surface area contributed by atoms with E-state index in [-0.39, 0.29) is 11.8 Å². The van der Waals surface area contributed by atoms with Crippen LogP contribution in [-0.2, 0) is 9.59 Å². The predicted octanol–water partition coefficient (Wildman–Crippen LogP) is 2.34. The molecule has 0 spiro atoms. The average molecular weight is 308 g/mol. The van der Waals surface area contributed by atoms with Crippen LogP contribution in [0.5, 0.6) is 0 Å². The van der Waals surface area contributed by atoms with E-state index < -0.39 is 36.6 Å². The SMILES string of the molecule is CCC(C)C1C(=O)NC(CC(C)C)C(=O)N1CC(F)(F)F. The van der Waals surface area contributed by atoms with Gasteiger partial charge in [0.1, 0.15) is 18.6 Å². The number of halogens is 3. The van der Waals surface area contributed by atoms with Gasteiger partial charge in [-0.3, -0.25) is 9.59 Å². The Balaban J connectivity index is 3.05. The molecule has 0 bridgehead atoms. The largest absolute Gasteiger partial charge is 0.406 e. The lowest BCUT2D eigenvalue weighted by Gasteiger charge is -2.42. The van der Waals surface area contributed by atoms with E-state index in [9.17, 15) is 22.8 Å². The van der Waals surface area contributed by atoms with Crippen LogP contribution in [0.15, 0.2) is 0 Å². The van der Waals surface area contributed by atoms with Gasteiger partial charge in [0, 0.05) is 0 Å². The summed E-state index contributed by atoms with van der Waals surface area (Å²) in [5, 5.41) is 2.58. The third-order valence-electron chi connectivity index (χ3n) is 3.74. The number of hydrogen-bond donors (Lipinski definition) is 1. The summed E-state index contributed by atoms with van der Waals surface area (Å²) in [7, 11) is 0. The fourth-order valence-corrected chi connectivity index (χ4v) is 2.59. The zero-order valence-corrected chi connectivity index (χ0v) is 12.8. The molecule has 1 heterocycles. The number of piperazine rings is 1. The highest BCUT2D eigenvalue weighted by molar-refractivity contribution is 5.97. The number of amides is 2. The molecule has 3 atom stereocenters. The molecule has 1 fully saturated rings. The van der Waals surface area contributed by atoms with Gasteiger partial charge < -0.3 is 10.2 Å². The van der Waals surface area contributed by atoms with Crippen LogP contribution in [0.1, 0.15) is 40.5 Å². The molecule has 0 aromatic heterocycles. The van der Waals surface area contributed by atoms with Gasteiger partial charge in [-0.1, -0.05) is 34.1 Å². The van der Waals surface area contributed by atoms with E-state index in [1.54, 1.807) is 13.8 Å². The van der Waals surface area contributed by atoms with Crippen LogP contribution < -0.4 is 5.32 Å². The van der Waals surface area contributed by atoms with Crippen molar-refractivity contribution >= 4 is 11.8 Å². The fourth-order valence-electron chi connectivity index (χ4n) is 2.59. The van der Waals surface area contributed by atoms with Gasteiger partial charge in [0.2, 0.25) is 11.8 Å². The summed E-state index contributed by atoms with van der Waals surface area (Å²) in [6, 6.07) is -1.91. The van der Waals surface area contributed by atoms with Crippen molar-refractivity contribution in [3.05, 3.63) is 0 Å². The molecule has 0 saturated carbocycles. The number of nitrogens with one attached hydrogen (secondary N) is 1. The van der Waals surface area contributed by atoms with Crippen molar-refractivity contribution in [3.63, 3.8) is 0 Å². The van der Waals surface area contributed by atoms with E-state index in [1.807, 2.05) is 13.8 Å². The number of nitrogens with zero attached hydrogens (tertiary/aromatic N) is 1. The maximum absolute atomic E-state index is 12.7. The quantitative estimate of drug-likeness (QED) is 0.847. The van der Waals surface area contributed by atoms with E-state index in [0.29, 0.717) is 17.7 Å². The van der Waals surface area contributed by atoms with Crippen molar-refractivity contribution in [1.29, 1.82) is 0 Å². The van der Waals surface area contributed by atoms with Crippen molar-refractivity contribution in [3.8, 4) is 0 Å². The molecule has 0 aromatic rings. The molecular formula is C14H23F3N2O2. The number of carbonyl (C=O) groups excluding carboxylic acids is 2. The van der Waals surface area contributed by atoms with Crippen LogP contribution in [-0.4, -0.2) is 41.5 Å². The second-order valence-corrected chi connectivity index (χ2v) is 6.10. The second-order valence-electron chi connectivity index (χ2n) is 6.10. The molecular weight excluding hydrogens is 285 g/mol. The highest BCUT2D eigenvalue weighted by Crippen LogP contribution is 2.26. The summed E-state index contributed by atoms with van der Waals surface area (Å²) in [6.07, 6.45) is -3.65. The van der Waals surface area contributed by atoms with Crippen molar-refractivity contribution in [2.45, 2.75) is 58.8 Å². The lowest BCUT2D eigenvalue weighted by molar-refractivity contribution is -0.176. The number of rotatable bonds is 5. The van der Waals surface area contributed by atoms with Gasteiger partial charge in [-0.2, -0.15) is 13.2 Å². The van der Waals surface area contributed by atoms with Crippen molar-refractivity contribution < 1.29 is 22.8 Å². The van der Waals surface area contributed by atoms with Crippen molar-refractivity contribution in [2.24, 2.45) is 11.8 Å². The normalized spacial score (nSPS) is 25.2. The smallest absolute Gasteiger partial charge is 0.342 e. The Morgan fingerprint density at radius 3 is 2.24 bits per heavy atom. The maximum Gasteiger partial charge on any atom is 0.406 e. The van der Waals surface area contributed by atoms with Crippen molar-refractivity contribution in [2.75, 3.05) is 6.54 Å². The van der Waals surface area contributed by atoms with E-state index in [2.05, 4.69) is 5.32 Å². The summed E-state index contributed by atoms with van der Waals surface area (Å²) in [5.41, 5.74) is 0. The van der Waals surface area contributed by atoms with Gasteiger partial charge in [0.15, 0.2) is 0 Å². The summed E-state index contributed by atoms with van der Waals surface area (Å²) in [4.78, 5) is 25.2. The van der Waals surface area contributed by atoms with E-state index in [4.69, 9.17) is 0 Å². The molecule has 7 heteroatoms. The van der Waals surface area contributed by atoms with Crippen LogP contribution in [0.25, 0.3) is 0 Å². The molecule has 0 aliphatic carbocycles. The second kappa shape index (κ2) is 6.66. The molecule has 0 aromatic carbocycles. The molecule has 1 aliphatic rings. The molecule has 1 N–H and O–H groups in total. The predicted molar refractivity (Wildman–Crippen MR) is 72.4 cm³/mol. The molecule has 2 amide bonds. The maximum atomic E-state index is 12.7. The minimum Gasteiger partial charge on any atom is -0.342 e. The monoisotopic (exact) mass is 308 g/mol. The summed E-state index contributed by atoms with van der Waals surface area (Å²) >= 11 is 0. The first-order valence-corrected chi connectivity index (χ1v) is 7.24. The van der Waals surface area contributed by atoms with Gasteiger partial charge in [0.25, 0.3) is 0 Å². The number of hydrogen-bond acceptors (Lipinski definition) is 2. The molecule has 3 unspecified atom stereocenters. The first kappa shape index (κ1) is 17.8. The third-order valence-corrected chi connectivity index (χ3v) is 3.74. The number of alkyl halides is 3. The average Bonchev–Trinajstić information content (AvgIpc) is 2.32. The third kappa shape index (κ3) is 4.61. The number of carbonyl (C=O) groups is 2. The van der Waals surface area contributed by atoms with Crippen LogP contribution in [0, 0.1) is 11.8 Å². The molecule has 4 nitrogen and oxygen atoms in total. The van der Waals surface area contributed by atoms with Gasteiger partial charge in [-0.05, 0) is 18.3 Å². The Morgan fingerprint density at radius 1 is 1.24 bits per heavy atom. The van der Waals surface area contributed by atoms with Crippen LogP contribution >= 0.6 is 0 Å². The lowest BCUT2D eigenvalue weighted by atomic mass is 9.91. The molecule has 21 heavy (non-hydrogen) atoms. The summed E-state index contributed by atoms with van der Waals surface area (Å²) in [6.45, 7) is 5.81. The van der Waals surface area contributed by atoms with E-state index >= 15 is 0 Å². The molecule has 1 saturated heterocycles. The van der Waals surface area contributed by atoms with Crippen LogP contribution in [0.4, 0.5) is 13.2 Å². The Morgan fingerprint density at radius 2 is 1.81 bits per heavy atom. The van der Waals surface area contributed by atoms with Crippen LogP contribution in [0.3, 0.4) is 0 Å². The topological polar surface area (TPSA) is 49.4 Å². The first-order valence-electron chi connectivity index (χ1n) is 7.24. The Hall–Kier alpha value is -1.27. The summed E-state index contributed by atoms with van der Waals surface area (Å²) in [5.74, 6) is -1.34. The standard InChI is InChI=1S/C14H23F3N2O2/c1-5-9(4)11-12(20)18-10(6-8(2)3)13(21)19(11)7-14(15,16)17/h8-11H,5-7H2,1-4H3,(H,18,20). The fraction of sp³-hybridized carbons (Fsp3) is 0.857. The zero-order valence-electron chi connectivity index (χ0n) is 12.8. The zero-order chi connectivity index (χ0) is 16.4. The minimum atomic E-state index is -4.51. The first-order chi connectivity index (χ1) is 9.56. The van der Waals surface area contributed by atoms with Gasteiger partial charge >= 0.3 is 6.18 Å². The highest BCUT2D eigenvalue weighted by Gasteiger charge is 2.46. The minimum absolute atomic E-state index is 0.104. The lowest BCUT2D eigenvalue weighted by Crippen LogP contribution is -2.66. The molecule has 1 rings (SSSR count). The van der Waals surface area contributed by atoms with E-state index in [0.717, 1.165) is 0 Å². The summed E-state index contributed by atoms with van der Waals surface area (Å²) < 4.78 is 38.2. The highest BCUT2D eigenvalue weighted by atomic mass is 19.4.